The standard InChI is InChI=1S/C7H14N2.Cr/c1-3-8-5-6-9(4-2)7-8;/h3-6H2,1-2H3;. The van der Waals surface area contributed by atoms with Gasteiger partial charge in [-0.25, -0.2) is 0 Å². The van der Waals surface area contributed by atoms with Gasteiger partial charge in [0.25, 0.3) is 0 Å². The Hall–Kier alpha value is 0.322. The van der Waals surface area contributed by atoms with Crippen LogP contribution in [-0.4, -0.2) is 40.6 Å². The molecular formula is C7H14CrN2. The molecule has 0 aromatic carbocycles. The van der Waals surface area contributed by atoms with Crippen LogP contribution in [0, 0.1) is 0 Å². The van der Waals surface area contributed by atoms with Crippen LogP contribution in [0.25, 0.3) is 0 Å². The van der Waals surface area contributed by atoms with E-state index in [9.17, 15) is 0 Å². The number of likely N-dealkylation sites (N-methyl/N-ethyl adjacent to an activating group) is 2. The van der Waals surface area contributed by atoms with Crippen LogP contribution in [0.15, 0.2) is 0 Å². The van der Waals surface area contributed by atoms with Gasteiger partial charge in [0.15, 0.2) is 0 Å². The van der Waals surface area contributed by atoms with Gasteiger partial charge in [-0.2, -0.15) is 0 Å². The molecule has 0 aromatic heterocycles. The molecule has 3 heteroatoms. The second-order valence-corrected chi connectivity index (χ2v) is 3.01. The Kier molecular flexibility index (Phi) is 3.06. The van der Waals surface area contributed by atoms with Crippen molar-refractivity contribution in [3.63, 3.8) is 0 Å². The molecule has 0 bridgehead atoms. The molecule has 1 fully saturated rings. The fraction of sp³-hybridized carbons (Fsp3) is 0.857. The first kappa shape index (κ1) is 8.42. The van der Waals surface area contributed by atoms with Crippen LogP contribution in [0.5, 0.6) is 0 Å². The summed E-state index contributed by atoms with van der Waals surface area (Å²) in [5.41, 5.74) is 0. The van der Waals surface area contributed by atoms with Gasteiger partial charge in [-0.1, -0.05) is 0 Å². The van der Waals surface area contributed by atoms with Gasteiger partial charge in [0.2, 0.25) is 0 Å². The van der Waals surface area contributed by atoms with Crippen molar-refractivity contribution in [2.24, 2.45) is 0 Å². The third kappa shape index (κ3) is 1.49. The SMILES string of the molecule is CCN1CCN(CC)[C]1=[Cr]. The van der Waals surface area contributed by atoms with E-state index in [0.717, 1.165) is 13.1 Å². The zero-order valence-corrected chi connectivity index (χ0v) is 7.91. The Morgan fingerprint density at radius 1 is 1.20 bits per heavy atom. The van der Waals surface area contributed by atoms with Crippen LogP contribution in [0.1, 0.15) is 13.8 Å². The molecule has 10 heavy (non-hydrogen) atoms. The summed E-state index contributed by atoms with van der Waals surface area (Å²) in [5, 5.41) is 0. The van der Waals surface area contributed by atoms with Crippen LogP contribution in [0.4, 0.5) is 0 Å². The molecule has 1 aliphatic heterocycles. The van der Waals surface area contributed by atoms with E-state index in [-0.39, 0.29) is 0 Å². The molecule has 1 rings (SSSR count). The molecule has 0 unspecified atom stereocenters. The van der Waals surface area contributed by atoms with E-state index in [0.29, 0.717) is 0 Å². The summed E-state index contributed by atoms with van der Waals surface area (Å²) >= 11 is 3.11. The topological polar surface area (TPSA) is 6.48 Å². The molecule has 2 nitrogen and oxygen atoms in total. The van der Waals surface area contributed by atoms with Gasteiger partial charge in [0.1, 0.15) is 0 Å². The van der Waals surface area contributed by atoms with E-state index < -0.39 is 0 Å². The third-order valence-corrected chi connectivity index (χ3v) is 2.75. The zero-order valence-electron chi connectivity index (χ0n) is 6.63. The van der Waals surface area contributed by atoms with Crippen LogP contribution in [-0.2, 0) is 15.9 Å². The molecular weight excluding hydrogens is 164 g/mol. The van der Waals surface area contributed by atoms with Crippen LogP contribution < -0.4 is 0 Å². The molecule has 0 N–H and O–H groups in total. The molecule has 1 heterocycles. The monoisotopic (exact) mass is 178 g/mol. The van der Waals surface area contributed by atoms with Crippen LogP contribution >= 0.6 is 0 Å². The van der Waals surface area contributed by atoms with Gasteiger partial charge in [0, 0.05) is 0 Å². The third-order valence-electron chi connectivity index (χ3n) is 1.94. The summed E-state index contributed by atoms with van der Waals surface area (Å²) < 4.78 is 1.32. The molecule has 0 amide bonds. The first-order chi connectivity index (χ1) is 4.79. The number of hydrogen-bond donors (Lipinski definition) is 0. The normalized spacial score (nSPS) is 22.4. The summed E-state index contributed by atoms with van der Waals surface area (Å²) in [5.74, 6) is 0. The molecule has 0 radical (unpaired) electrons. The van der Waals surface area contributed by atoms with Gasteiger partial charge in [0.05, 0.1) is 0 Å². The van der Waals surface area contributed by atoms with Crippen molar-refractivity contribution in [3.05, 3.63) is 0 Å². The molecule has 0 saturated carbocycles. The Labute approximate surface area is 70.8 Å². The van der Waals surface area contributed by atoms with Crippen LogP contribution in [0.3, 0.4) is 0 Å². The summed E-state index contributed by atoms with van der Waals surface area (Å²) in [7, 11) is 0. The van der Waals surface area contributed by atoms with Gasteiger partial charge in [-0.15, -0.1) is 0 Å². The van der Waals surface area contributed by atoms with E-state index >= 15 is 0 Å². The Morgan fingerprint density at radius 3 is 1.80 bits per heavy atom. The molecule has 1 aliphatic rings. The average molecular weight is 178 g/mol. The maximum absolute atomic E-state index is 3.11. The summed E-state index contributed by atoms with van der Waals surface area (Å²) in [6.07, 6.45) is 0. The van der Waals surface area contributed by atoms with Gasteiger partial charge in [-0.3, -0.25) is 0 Å². The van der Waals surface area contributed by atoms with Crippen molar-refractivity contribution in [3.8, 4) is 0 Å². The number of rotatable bonds is 2. The maximum atomic E-state index is 3.11. The fourth-order valence-electron chi connectivity index (χ4n) is 1.22. The van der Waals surface area contributed by atoms with E-state index in [4.69, 9.17) is 0 Å². The summed E-state index contributed by atoms with van der Waals surface area (Å²) in [6, 6.07) is 0. The first-order valence-corrected chi connectivity index (χ1v) is 4.47. The van der Waals surface area contributed by atoms with Crippen LogP contribution in [0.2, 0.25) is 0 Å². The molecule has 0 aliphatic carbocycles. The predicted octanol–water partition coefficient (Wildman–Crippen LogP) is 0.278. The zero-order chi connectivity index (χ0) is 7.56. The first-order valence-electron chi connectivity index (χ1n) is 3.83. The van der Waals surface area contributed by atoms with Crippen molar-refractivity contribution in [2.45, 2.75) is 13.8 Å². The molecule has 0 atom stereocenters. The minimum absolute atomic E-state index is 1.12. The summed E-state index contributed by atoms with van der Waals surface area (Å²) in [6.45, 7) is 9.00. The number of hydrogen-bond acceptors (Lipinski definition) is 2. The average Bonchev–Trinajstić information content (AvgIpc) is 2.30. The van der Waals surface area contributed by atoms with Crippen molar-refractivity contribution >= 4 is 4.63 Å². The van der Waals surface area contributed by atoms with Crippen molar-refractivity contribution in [1.29, 1.82) is 0 Å². The molecule has 58 valence electrons. The van der Waals surface area contributed by atoms with E-state index in [1.807, 2.05) is 0 Å². The second-order valence-electron chi connectivity index (χ2n) is 2.44. The van der Waals surface area contributed by atoms with Crippen molar-refractivity contribution < 1.29 is 15.9 Å². The molecule has 1 saturated heterocycles. The fourth-order valence-corrected chi connectivity index (χ4v) is 1.91. The Balaban J connectivity index is 2.49. The second kappa shape index (κ2) is 3.64. The predicted molar refractivity (Wildman–Crippen MR) is 39.5 cm³/mol. The van der Waals surface area contributed by atoms with E-state index in [2.05, 4.69) is 39.5 Å². The Bertz CT molecular complexity index is 122. The molecule has 0 spiro atoms. The van der Waals surface area contributed by atoms with Crippen molar-refractivity contribution in [1.82, 2.24) is 9.80 Å². The summed E-state index contributed by atoms with van der Waals surface area (Å²) in [4.78, 5) is 4.73. The Morgan fingerprint density at radius 2 is 1.60 bits per heavy atom. The van der Waals surface area contributed by atoms with E-state index in [1.165, 1.54) is 17.7 Å². The van der Waals surface area contributed by atoms with Gasteiger partial charge >= 0.3 is 70.3 Å². The molecule has 0 aromatic rings. The van der Waals surface area contributed by atoms with Gasteiger partial charge in [-0.05, 0) is 0 Å². The van der Waals surface area contributed by atoms with Gasteiger partial charge < -0.3 is 0 Å². The number of nitrogens with zero attached hydrogens (tertiary/aromatic N) is 2. The minimum atomic E-state index is 1.12. The van der Waals surface area contributed by atoms with E-state index in [1.54, 1.807) is 0 Å². The van der Waals surface area contributed by atoms with Crippen molar-refractivity contribution in [2.75, 3.05) is 26.2 Å². The quantitative estimate of drug-likeness (QED) is 0.599.